The molecule has 0 radical (unpaired) electrons. The predicted molar refractivity (Wildman–Crippen MR) is 107 cm³/mol. The van der Waals surface area contributed by atoms with Crippen LogP contribution in [-0.4, -0.2) is 17.9 Å². The molecule has 27 heavy (non-hydrogen) atoms. The summed E-state index contributed by atoms with van der Waals surface area (Å²) < 4.78 is 5.60. The van der Waals surface area contributed by atoms with Crippen LogP contribution in [0.15, 0.2) is 48.5 Å². The number of ether oxygens (including phenoxy) is 1. The van der Waals surface area contributed by atoms with Crippen molar-refractivity contribution in [2.24, 2.45) is 5.41 Å². The number of benzene rings is 2. The maximum Gasteiger partial charge on any atom is 0.240 e. The number of hydrogen-bond donors (Lipinski definition) is 2. The predicted octanol–water partition coefficient (Wildman–Crippen LogP) is 4.39. The first-order valence-electron chi connectivity index (χ1n) is 9.41. The van der Waals surface area contributed by atoms with E-state index in [-0.39, 0.29) is 17.9 Å². The summed E-state index contributed by atoms with van der Waals surface area (Å²) in [5.41, 5.74) is 1.60. The Labute approximate surface area is 160 Å². The van der Waals surface area contributed by atoms with Crippen LogP contribution < -0.4 is 15.4 Å². The van der Waals surface area contributed by atoms with Crippen molar-refractivity contribution in [1.29, 1.82) is 0 Å². The van der Waals surface area contributed by atoms with Gasteiger partial charge in [0, 0.05) is 11.4 Å². The molecule has 0 aliphatic heterocycles. The Morgan fingerprint density at radius 3 is 1.81 bits per heavy atom. The van der Waals surface area contributed by atoms with Crippen LogP contribution in [-0.2, 0) is 16.0 Å². The van der Waals surface area contributed by atoms with Crippen molar-refractivity contribution in [2.45, 2.75) is 46.1 Å². The van der Waals surface area contributed by atoms with Crippen LogP contribution in [0.2, 0.25) is 0 Å². The minimum absolute atomic E-state index is 0.0928. The second-order valence-electron chi connectivity index (χ2n) is 7.23. The summed E-state index contributed by atoms with van der Waals surface area (Å²) in [6.07, 6.45) is 2.16. The summed E-state index contributed by atoms with van der Waals surface area (Å²) in [7, 11) is 0. The Balaban J connectivity index is 1.62. The normalized spacial score (nSPS) is 14.5. The fraction of sp³-hybridized carbons (Fsp3) is 0.364. The van der Waals surface area contributed by atoms with Crippen molar-refractivity contribution in [2.75, 3.05) is 10.6 Å². The molecule has 2 aromatic rings. The smallest absolute Gasteiger partial charge is 0.240 e. The van der Waals surface area contributed by atoms with Gasteiger partial charge in [-0.3, -0.25) is 9.59 Å². The number of anilines is 2. The second-order valence-corrected chi connectivity index (χ2v) is 7.23. The number of carbonyl (C=O) groups excluding carboxylic acids is 2. The van der Waals surface area contributed by atoms with E-state index in [1.54, 1.807) is 12.1 Å². The highest BCUT2D eigenvalue weighted by atomic mass is 16.5. The highest BCUT2D eigenvalue weighted by molar-refractivity contribution is 6.16. The number of rotatable bonds is 7. The van der Waals surface area contributed by atoms with E-state index >= 15 is 0 Å². The zero-order valence-corrected chi connectivity index (χ0v) is 16.0. The number of hydrogen-bond acceptors (Lipinski definition) is 3. The van der Waals surface area contributed by atoms with E-state index < -0.39 is 5.41 Å². The van der Waals surface area contributed by atoms with Crippen LogP contribution in [0.3, 0.4) is 0 Å². The summed E-state index contributed by atoms with van der Waals surface area (Å²) in [6, 6.07) is 14.9. The maximum absolute atomic E-state index is 12.7. The minimum Gasteiger partial charge on any atom is -0.491 e. The first-order valence-corrected chi connectivity index (χ1v) is 9.41. The van der Waals surface area contributed by atoms with Gasteiger partial charge in [0.1, 0.15) is 11.2 Å². The van der Waals surface area contributed by atoms with Crippen LogP contribution in [0.25, 0.3) is 0 Å². The maximum atomic E-state index is 12.7. The minimum atomic E-state index is -0.976. The van der Waals surface area contributed by atoms with E-state index in [1.807, 2.05) is 50.2 Å². The summed E-state index contributed by atoms with van der Waals surface area (Å²) >= 11 is 0. The molecule has 0 atom stereocenters. The van der Waals surface area contributed by atoms with Gasteiger partial charge in [-0.05, 0) is 75.1 Å². The Morgan fingerprint density at radius 2 is 1.41 bits per heavy atom. The molecule has 5 heteroatoms. The van der Waals surface area contributed by atoms with Gasteiger partial charge < -0.3 is 15.4 Å². The summed E-state index contributed by atoms with van der Waals surface area (Å²) in [4.78, 5) is 25.4. The lowest BCUT2D eigenvalue weighted by atomic mass is 10.0. The molecule has 0 spiro atoms. The fourth-order valence-electron chi connectivity index (χ4n) is 2.90. The molecule has 0 saturated heterocycles. The molecule has 3 rings (SSSR count). The summed E-state index contributed by atoms with van der Waals surface area (Å²) in [5, 5.41) is 5.73. The Bertz CT molecular complexity index is 806. The van der Waals surface area contributed by atoms with Crippen LogP contribution in [0.1, 0.15) is 39.2 Å². The molecule has 0 heterocycles. The number of amides is 2. The van der Waals surface area contributed by atoms with Crippen molar-refractivity contribution < 1.29 is 14.3 Å². The van der Waals surface area contributed by atoms with Gasteiger partial charge in [-0.2, -0.15) is 0 Å². The fourth-order valence-corrected chi connectivity index (χ4v) is 2.90. The third kappa shape index (κ3) is 4.48. The molecular weight excluding hydrogens is 340 g/mol. The SMILES string of the molecule is CCc1ccc(NC(=O)C2(C(=O)Nc3ccc(OC(C)C)cc3)CC2)cc1. The zero-order valence-electron chi connectivity index (χ0n) is 16.0. The van der Waals surface area contributed by atoms with Crippen molar-refractivity contribution in [3.63, 3.8) is 0 Å². The monoisotopic (exact) mass is 366 g/mol. The quantitative estimate of drug-likeness (QED) is 0.714. The van der Waals surface area contributed by atoms with Gasteiger partial charge >= 0.3 is 0 Å². The van der Waals surface area contributed by atoms with Crippen molar-refractivity contribution in [1.82, 2.24) is 0 Å². The first kappa shape index (κ1) is 19.0. The van der Waals surface area contributed by atoms with E-state index in [0.717, 1.165) is 12.2 Å². The molecule has 1 aliphatic rings. The molecule has 5 nitrogen and oxygen atoms in total. The Hall–Kier alpha value is -2.82. The molecule has 0 aromatic heterocycles. The lowest BCUT2D eigenvalue weighted by Crippen LogP contribution is -2.35. The summed E-state index contributed by atoms with van der Waals surface area (Å²) in [5.74, 6) is 0.240. The number of carbonyl (C=O) groups is 2. The van der Waals surface area contributed by atoms with Gasteiger partial charge in [-0.1, -0.05) is 19.1 Å². The topological polar surface area (TPSA) is 67.4 Å². The standard InChI is InChI=1S/C22H26N2O3/c1-4-16-5-7-17(8-6-16)23-20(25)22(13-14-22)21(26)24-18-9-11-19(12-10-18)27-15(2)3/h5-12,15H,4,13-14H2,1-3H3,(H,23,25)(H,24,26). The number of aryl methyl sites for hydroxylation is 1. The molecule has 1 aliphatic carbocycles. The molecule has 2 aromatic carbocycles. The van der Waals surface area contributed by atoms with Gasteiger partial charge in [0.15, 0.2) is 0 Å². The van der Waals surface area contributed by atoms with Gasteiger partial charge in [0.2, 0.25) is 11.8 Å². The molecular formula is C22H26N2O3. The van der Waals surface area contributed by atoms with Crippen molar-refractivity contribution >= 4 is 23.2 Å². The van der Waals surface area contributed by atoms with Crippen LogP contribution >= 0.6 is 0 Å². The van der Waals surface area contributed by atoms with Gasteiger partial charge in [-0.15, -0.1) is 0 Å². The zero-order chi connectivity index (χ0) is 19.4. The van der Waals surface area contributed by atoms with Crippen molar-refractivity contribution in [3.8, 4) is 5.75 Å². The van der Waals surface area contributed by atoms with Gasteiger partial charge in [0.05, 0.1) is 6.10 Å². The molecule has 2 amide bonds. The first-order chi connectivity index (χ1) is 12.9. The molecule has 142 valence electrons. The third-order valence-corrected chi connectivity index (χ3v) is 4.72. The molecule has 1 saturated carbocycles. The molecule has 0 unspecified atom stereocenters. The van der Waals surface area contributed by atoms with Gasteiger partial charge in [-0.25, -0.2) is 0 Å². The lowest BCUT2D eigenvalue weighted by molar-refractivity contribution is -0.131. The van der Waals surface area contributed by atoms with Crippen LogP contribution in [0.4, 0.5) is 11.4 Å². The van der Waals surface area contributed by atoms with Crippen molar-refractivity contribution in [3.05, 3.63) is 54.1 Å². The molecule has 2 N–H and O–H groups in total. The Morgan fingerprint density at radius 1 is 0.926 bits per heavy atom. The third-order valence-electron chi connectivity index (χ3n) is 4.72. The summed E-state index contributed by atoms with van der Waals surface area (Å²) in [6.45, 7) is 6.00. The highest BCUT2D eigenvalue weighted by Crippen LogP contribution is 2.47. The average Bonchev–Trinajstić information content (AvgIpc) is 3.46. The van der Waals surface area contributed by atoms with E-state index in [4.69, 9.17) is 4.74 Å². The largest absolute Gasteiger partial charge is 0.491 e. The van der Waals surface area contributed by atoms with E-state index in [2.05, 4.69) is 17.6 Å². The molecule has 1 fully saturated rings. The van der Waals surface area contributed by atoms with E-state index in [0.29, 0.717) is 24.2 Å². The second kappa shape index (κ2) is 7.82. The number of nitrogens with one attached hydrogen (secondary N) is 2. The average molecular weight is 366 g/mol. The van der Waals surface area contributed by atoms with E-state index in [1.165, 1.54) is 5.56 Å². The van der Waals surface area contributed by atoms with Crippen LogP contribution in [0.5, 0.6) is 5.75 Å². The van der Waals surface area contributed by atoms with E-state index in [9.17, 15) is 9.59 Å². The molecule has 0 bridgehead atoms. The van der Waals surface area contributed by atoms with Gasteiger partial charge in [0.25, 0.3) is 0 Å². The lowest BCUT2D eigenvalue weighted by Gasteiger charge is -2.16. The highest BCUT2D eigenvalue weighted by Gasteiger charge is 2.56. The van der Waals surface area contributed by atoms with Crippen LogP contribution in [0, 0.1) is 5.41 Å². The Kier molecular flexibility index (Phi) is 5.49.